The summed E-state index contributed by atoms with van der Waals surface area (Å²) in [5, 5.41) is 23.4. The molecular weight excluding hydrogens is 1020 g/mol. The number of rotatable bonds is 71. The highest BCUT2D eigenvalue weighted by Gasteiger charge is 2.20. The van der Waals surface area contributed by atoms with E-state index in [9.17, 15) is 19.8 Å². The van der Waals surface area contributed by atoms with Crippen LogP contribution in [0.3, 0.4) is 0 Å². The monoisotopic (exact) mass is 1170 g/mol. The summed E-state index contributed by atoms with van der Waals surface area (Å²) in [5.41, 5.74) is 0. The van der Waals surface area contributed by atoms with Crippen molar-refractivity contribution in [2.45, 2.75) is 431 Å². The van der Waals surface area contributed by atoms with Crippen molar-refractivity contribution in [2.24, 2.45) is 0 Å². The number of aliphatic hydroxyl groups excluding tert-OH is 2. The van der Waals surface area contributed by atoms with Gasteiger partial charge in [0.25, 0.3) is 0 Å². The van der Waals surface area contributed by atoms with Crippen LogP contribution in [-0.4, -0.2) is 47.4 Å². The van der Waals surface area contributed by atoms with Crippen LogP contribution in [0.1, 0.15) is 418 Å². The van der Waals surface area contributed by atoms with Crippen LogP contribution in [-0.2, 0) is 14.3 Å². The zero-order chi connectivity index (χ0) is 59.9. The summed E-state index contributed by atoms with van der Waals surface area (Å²) in [6, 6.07) is -0.539. The molecule has 0 aromatic rings. The van der Waals surface area contributed by atoms with E-state index in [4.69, 9.17) is 4.74 Å². The van der Waals surface area contributed by atoms with E-state index in [1.165, 1.54) is 334 Å². The first kappa shape index (κ1) is 81.1. The largest absolute Gasteiger partial charge is 0.466 e. The maximum atomic E-state index is 12.5. The molecule has 0 spiro atoms. The van der Waals surface area contributed by atoms with Crippen LogP contribution in [0.4, 0.5) is 0 Å². The van der Waals surface area contributed by atoms with Crippen molar-refractivity contribution in [1.82, 2.24) is 5.32 Å². The predicted octanol–water partition coefficient (Wildman–Crippen LogP) is 24.7. The lowest BCUT2D eigenvalue weighted by Gasteiger charge is -2.22. The molecule has 1 amide bonds. The zero-order valence-corrected chi connectivity index (χ0v) is 56.2. The Bertz CT molecular complexity index is 1340. The van der Waals surface area contributed by atoms with Crippen LogP contribution in [0.5, 0.6) is 0 Å². The Kier molecular flexibility index (Phi) is 70.9. The maximum absolute atomic E-state index is 12.5. The minimum Gasteiger partial charge on any atom is -0.466 e. The molecule has 0 aromatic heterocycles. The van der Waals surface area contributed by atoms with Gasteiger partial charge in [0.2, 0.25) is 5.91 Å². The van der Waals surface area contributed by atoms with Crippen molar-refractivity contribution in [3.8, 4) is 0 Å². The smallest absolute Gasteiger partial charge is 0.305 e. The molecule has 0 radical (unpaired) electrons. The van der Waals surface area contributed by atoms with E-state index in [1.807, 2.05) is 0 Å². The van der Waals surface area contributed by atoms with Crippen LogP contribution in [0.2, 0.25) is 0 Å². The summed E-state index contributed by atoms with van der Waals surface area (Å²) in [6.45, 7) is 4.97. The summed E-state index contributed by atoms with van der Waals surface area (Å²) in [4.78, 5) is 24.6. The number of carbonyl (C=O) groups is 2. The summed E-state index contributed by atoms with van der Waals surface area (Å²) in [7, 11) is 0. The summed E-state index contributed by atoms with van der Waals surface area (Å²) >= 11 is 0. The molecule has 2 unspecified atom stereocenters. The maximum Gasteiger partial charge on any atom is 0.305 e. The first-order valence-electron chi connectivity index (χ1n) is 37.7. The van der Waals surface area contributed by atoms with E-state index >= 15 is 0 Å². The Morgan fingerprint density at radius 2 is 0.602 bits per heavy atom. The van der Waals surface area contributed by atoms with Gasteiger partial charge in [-0.1, -0.05) is 359 Å². The topological polar surface area (TPSA) is 95.9 Å². The van der Waals surface area contributed by atoms with Crippen LogP contribution >= 0.6 is 0 Å². The zero-order valence-electron chi connectivity index (χ0n) is 56.2. The van der Waals surface area contributed by atoms with Gasteiger partial charge in [-0.15, -0.1) is 0 Å². The number of unbranched alkanes of at least 4 members (excludes halogenated alkanes) is 54. The lowest BCUT2D eigenvalue weighted by atomic mass is 10.0. The van der Waals surface area contributed by atoms with Crippen molar-refractivity contribution in [3.05, 3.63) is 36.5 Å². The molecule has 0 aliphatic rings. The lowest BCUT2D eigenvalue weighted by molar-refractivity contribution is -0.143. The van der Waals surface area contributed by atoms with Crippen LogP contribution in [0.25, 0.3) is 0 Å². The van der Waals surface area contributed by atoms with Crippen molar-refractivity contribution < 1.29 is 24.5 Å². The minimum atomic E-state index is -0.662. The number of hydrogen-bond acceptors (Lipinski definition) is 5. The Labute approximate surface area is 519 Å². The molecular formula is C77H147NO5. The SMILES string of the molecule is CCCCCC/C=C\C/C=C\CCCCCCCC(=O)OCCCCCCCCCCCCCC/C=C\CCCCCCCCCCCCCCCCCCCC(=O)NC(CO)C(O)CCCCCCCCCCCCCCCCCCC. The minimum absolute atomic E-state index is 0.00572. The molecule has 83 heavy (non-hydrogen) atoms. The van der Waals surface area contributed by atoms with Gasteiger partial charge in [-0.2, -0.15) is 0 Å². The van der Waals surface area contributed by atoms with Gasteiger partial charge in [0.1, 0.15) is 0 Å². The van der Waals surface area contributed by atoms with E-state index in [-0.39, 0.29) is 18.5 Å². The van der Waals surface area contributed by atoms with Gasteiger partial charge in [0, 0.05) is 12.8 Å². The second-order valence-electron chi connectivity index (χ2n) is 26.0. The number of amides is 1. The van der Waals surface area contributed by atoms with E-state index in [2.05, 4.69) is 55.6 Å². The standard InChI is InChI=1S/C77H147NO5/c1-3-5-7-9-11-13-15-17-19-38-41-45-49-53-57-61-65-69-75(80)74(73-79)78-76(81)70-66-62-58-54-50-46-42-39-36-34-32-30-28-26-24-22-21-23-25-27-29-31-33-35-37-40-44-48-52-56-60-64-68-72-83-77(82)71-67-63-59-55-51-47-43-20-18-16-14-12-10-8-6-4-2/h14,16,20,25,27,43,74-75,79-80H,3-13,15,17-19,21-24,26,28-42,44-73H2,1-2H3,(H,78,81)/b16-14-,27-25-,43-20-. The third-order valence-corrected chi connectivity index (χ3v) is 17.7. The second-order valence-corrected chi connectivity index (χ2v) is 26.0. The fraction of sp³-hybridized carbons (Fsp3) is 0.896. The van der Waals surface area contributed by atoms with E-state index in [0.29, 0.717) is 25.9 Å². The van der Waals surface area contributed by atoms with Gasteiger partial charge < -0.3 is 20.3 Å². The van der Waals surface area contributed by atoms with Crippen molar-refractivity contribution in [1.29, 1.82) is 0 Å². The average molecular weight is 1170 g/mol. The number of aliphatic hydroxyl groups is 2. The van der Waals surface area contributed by atoms with Gasteiger partial charge in [-0.25, -0.2) is 0 Å². The molecule has 0 bridgehead atoms. The Hall–Kier alpha value is -1.92. The second kappa shape index (κ2) is 72.6. The highest BCUT2D eigenvalue weighted by Crippen LogP contribution is 2.19. The van der Waals surface area contributed by atoms with Crippen LogP contribution in [0, 0.1) is 0 Å². The molecule has 3 N–H and O–H groups in total. The molecule has 0 saturated carbocycles. The summed E-state index contributed by atoms with van der Waals surface area (Å²) < 4.78 is 5.49. The number of allylic oxidation sites excluding steroid dienone is 6. The number of carbonyl (C=O) groups excluding carboxylic acids is 2. The predicted molar refractivity (Wildman–Crippen MR) is 366 cm³/mol. The van der Waals surface area contributed by atoms with Crippen LogP contribution in [0.15, 0.2) is 36.5 Å². The molecule has 0 aliphatic heterocycles. The van der Waals surface area contributed by atoms with Gasteiger partial charge >= 0.3 is 5.97 Å². The number of nitrogens with one attached hydrogen (secondary N) is 1. The van der Waals surface area contributed by atoms with E-state index in [1.54, 1.807) is 0 Å². The molecule has 6 nitrogen and oxygen atoms in total. The molecule has 0 aromatic carbocycles. The van der Waals surface area contributed by atoms with E-state index in [0.717, 1.165) is 51.4 Å². The molecule has 0 fully saturated rings. The highest BCUT2D eigenvalue weighted by atomic mass is 16.5. The fourth-order valence-electron chi connectivity index (χ4n) is 11.9. The molecule has 6 heteroatoms. The number of esters is 1. The molecule has 0 heterocycles. The molecule has 0 saturated heterocycles. The van der Waals surface area contributed by atoms with Gasteiger partial charge in [0.05, 0.1) is 25.4 Å². The Morgan fingerprint density at radius 3 is 0.940 bits per heavy atom. The average Bonchev–Trinajstić information content (AvgIpc) is 3.49. The molecule has 490 valence electrons. The lowest BCUT2D eigenvalue weighted by Crippen LogP contribution is -2.45. The first-order valence-corrected chi connectivity index (χ1v) is 37.7. The number of ether oxygens (including phenoxy) is 1. The van der Waals surface area contributed by atoms with Gasteiger partial charge in [0.15, 0.2) is 0 Å². The number of hydrogen-bond donors (Lipinski definition) is 3. The van der Waals surface area contributed by atoms with Crippen LogP contribution < -0.4 is 5.32 Å². The summed E-state index contributed by atoms with van der Waals surface area (Å²) in [5.74, 6) is -0.0225. The van der Waals surface area contributed by atoms with Gasteiger partial charge in [-0.3, -0.25) is 9.59 Å². The summed E-state index contributed by atoms with van der Waals surface area (Å²) in [6.07, 6.45) is 93.6. The third kappa shape index (κ3) is 69.1. The molecule has 2 atom stereocenters. The highest BCUT2D eigenvalue weighted by molar-refractivity contribution is 5.76. The molecule has 0 rings (SSSR count). The third-order valence-electron chi connectivity index (χ3n) is 17.7. The van der Waals surface area contributed by atoms with E-state index < -0.39 is 12.1 Å². The Morgan fingerprint density at radius 1 is 0.337 bits per heavy atom. The normalized spacial score (nSPS) is 12.7. The van der Waals surface area contributed by atoms with Gasteiger partial charge in [-0.05, 0) is 83.5 Å². The fourth-order valence-corrected chi connectivity index (χ4v) is 11.9. The van der Waals surface area contributed by atoms with Crippen molar-refractivity contribution in [2.75, 3.05) is 13.2 Å². The van der Waals surface area contributed by atoms with Crippen molar-refractivity contribution >= 4 is 11.9 Å². The quantitative estimate of drug-likeness (QED) is 0.0320. The Balaban J connectivity index is 3.35. The van der Waals surface area contributed by atoms with Crippen molar-refractivity contribution in [3.63, 3.8) is 0 Å². The first-order chi connectivity index (χ1) is 41.0. The molecule has 0 aliphatic carbocycles.